The van der Waals surface area contributed by atoms with Crippen molar-refractivity contribution >= 4 is 28.5 Å². The molecule has 4 aromatic rings. The summed E-state index contributed by atoms with van der Waals surface area (Å²) < 4.78 is 40.9. The van der Waals surface area contributed by atoms with Crippen molar-refractivity contribution in [1.82, 2.24) is 10.3 Å². The number of hydrogen-bond acceptors (Lipinski definition) is 3. The van der Waals surface area contributed by atoms with Crippen molar-refractivity contribution in [3.63, 3.8) is 0 Å². The molecule has 1 aliphatic heterocycles. The molecule has 5 rings (SSSR count). The molecule has 1 saturated heterocycles. The fraction of sp³-hybridized carbons (Fsp3) is 0.290. The summed E-state index contributed by atoms with van der Waals surface area (Å²) in [7, 11) is 0. The Kier molecular flexibility index (Phi) is 7.82. The van der Waals surface area contributed by atoms with Crippen LogP contribution in [0.2, 0.25) is 0 Å². The summed E-state index contributed by atoms with van der Waals surface area (Å²) in [5.74, 6) is -1.16. The number of benzene rings is 3. The van der Waals surface area contributed by atoms with Gasteiger partial charge < -0.3 is 20.3 Å². The van der Waals surface area contributed by atoms with Crippen LogP contribution >= 0.6 is 0 Å². The van der Waals surface area contributed by atoms with E-state index in [2.05, 4.69) is 10.3 Å². The number of nitrogens with one attached hydrogen (secondary N) is 2. The third-order valence-corrected chi connectivity index (χ3v) is 7.36. The highest BCUT2D eigenvalue weighted by Gasteiger charge is 2.33. The number of hydrogen-bond donors (Lipinski definition) is 3. The molecule has 0 spiro atoms. The molecule has 1 aliphatic rings. The van der Waals surface area contributed by atoms with E-state index in [-0.39, 0.29) is 18.7 Å². The van der Waals surface area contributed by atoms with Gasteiger partial charge in [0, 0.05) is 47.9 Å². The normalized spacial score (nSPS) is 14.4. The number of nitrogens with zero attached hydrogens (tertiary/aromatic N) is 1. The molecule has 208 valence electrons. The van der Waals surface area contributed by atoms with E-state index in [9.17, 15) is 22.8 Å². The molecule has 1 fully saturated rings. The second-order valence-electron chi connectivity index (χ2n) is 10.1. The standard InChI is InChI=1S/C31H30F3N3O3/c32-31(33,34)23-10-11-24(27(18-23)37-14-4-5-15-37)30(21-6-2-1-3-7-21)36-28(38)17-20-8-12-26-25(16-20)22(19-35-26)9-13-29(39)40/h1-3,6-8,10-12,16,18-19,30,35H,4-5,9,13-15,17H2,(H,36,38)(H,39,40). The highest BCUT2D eigenvalue weighted by atomic mass is 19.4. The van der Waals surface area contributed by atoms with Crippen LogP contribution in [0, 0.1) is 0 Å². The third-order valence-electron chi connectivity index (χ3n) is 7.36. The van der Waals surface area contributed by atoms with Crippen molar-refractivity contribution in [1.29, 1.82) is 0 Å². The number of carbonyl (C=O) groups is 2. The predicted octanol–water partition coefficient (Wildman–Crippen LogP) is 6.25. The first-order valence-corrected chi connectivity index (χ1v) is 13.3. The topological polar surface area (TPSA) is 85.4 Å². The van der Waals surface area contributed by atoms with E-state index in [1.54, 1.807) is 6.20 Å². The fourth-order valence-electron chi connectivity index (χ4n) is 5.36. The Labute approximate surface area is 229 Å². The number of carboxylic acid groups (broad SMARTS) is 1. The molecule has 0 radical (unpaired) electrons. The summed E-state index contributed by atoms with van der Waals surface area (Å²) in [6, 6.07) is 17.9. The summed E-state index contributed by atoms with van der Waals surface area (Å²) in [5.41, 5.74) is 3.63. The summed E-state index contributed by atoms with van der Waals surface area (Å²) >= 11 is 0. The molecule has 40 heavy (non-hydrogen) atoms. The van der Waals surface area contributed by atoms with Gasteiger partial charge in [0.1, 0.15) is 0 Å². The van der Waals surface area contributed by atoms with E-state index in [1.807, 2.05) is 53.4 Å². The van der Waals surface area contributed by atoms with Gasteiger partial charge in [0.05, 0.1) is 18.0 Å². The van der Waals surface area contributed by atoms with Gasteiger partial charge in [-0.1, -0.05) is 42.5 Å². The number of amides is 1. The van der Waals surface area contributed by atoms with Gasteiger partial charge in [0.2, 0.25) is 5.91 Å². The minimum Gasteiger partial charge on any atom is -0.481 e. The number of fused-ring (bicyclic) bond motifs is 1. The van der Waals surface area contributed by atoms with Crippen LogP contribution in [0.25, 0.3) is 10.9 Å². The van der Waals surface area contributed by atoms with Crippen LogP contribution in [0.15, 0.2) is 72.9 Å². The minimum atomic E-state index is -4.47. The van der Waals surface area contributed by atoms with Crippen molar-refractivity contribution in [2.75, 3.05) is 18.0 Å². The lowest BCUT2D eigenvalue weighted by Gasteiger charge is -2.28. The van der Waals surface area contributed by atoms with Crippen molar-refractivity contribution < 1.29 is 27.9 Å². The average Bonchev–Trinajstić information content (AvgIpc) is 3.61. The van der Waals surface area contributed by atoms with Crippen LogP contribution in [-0.4, -0.2) is 35.1 Å². The van der Waals surface area contributed by atoms with Crippen LogP contribution in [-0.2, 0) is 28.6 Å². The summed E-state index contributed by atoms with van der Waals surface area (Å²) in [6.45, 7) is 1.31. The summed E-state index contributed by atoms with van der Waals surface area (Å²) in [6.07, 6.45) is -0.464. The number of H-pyrrole nitrogens is 1. The van der Waals surface area contributed by atoms with Crippen LogP contribution in [0.5, 0.6) is 0 Å². The molecule has 0 bridgehead atoms. The second-order valence-corrected chi connectivity index (χ2v) is 10.1. The molecule has 3 aromatic carbocycles. The Bertz CT molecular complexity index is 1510. The molecule has 0 aliphatic carbocycles. The Morgan fingerprint density at radius 3 is 2.45 bits per heavy atom. The number of carboxylic acids is 1. The molecule has 1 aromatic heterocycles. The zero-order valence-corrected chi connectivity index (χ0v) is 21.8. The SMILES string of the molecule is O=C(O)CCc1c[nH]c2ccc(CC(=O)NC(c3ccccc3)c3ccc(C(F)(F)F)cc3N3CCCC3)cc12. The van der Waals surface area contributed by atoms with E-state index in [0.29, 0.717) is 30.8 Å². The Hall–Kier alpha value is -4.27. The van der Waals surface area contributed by atoms with E-state index in [0.717, 1.165) is 46.5 Å². The lowest BCUT2D eigenvalue weighted by Crippen LogP contribution is -2.32. The maximum atomic E-state index is 13.6. The number of aromatic nitrogens is 1. The number of halogens is 3. The number of aryl methyl sites for hydroxylation is 1. The molecular formula is C31H30F3N3O3. The molecule has 1 amide bonds. The molecular weight excluding hydrogens is 519 g/mol. The van der Waals surface area contributed by atoms with Crippen LogP contribution < -0.4 is 10.2 Å². The number of aliphatic carboxylic acids is 1. The minimum absolute atomic E-state index is 0.00288. The Morgan fingerprint density at radius 1 is 1.00 bits per heavy atom. The van der Waals surface area contributed by atoms with Crippen LogP contribution in [0.1, 0.15) is 53.1 Å². The Morgan fingerprint density at radius 2 is 1.75 bits per heavy atom. The van der Waals surface area contributed by atoms with Crippen molar-refractivity contribution in [2.24, 2.45) is 0 Å². The highest BCUT2D eigenvalue weighted by Crippen LogP contribution is 2.38. The number of carbonyl (C=O) groups excluding carboxylic acids is 1. The van der Waals surface area contributed by atoms with Gasteiger partial charge in [-0.15, -0.1) is 0 Å². The smallest absolute Gasteiger partial charge is 0.416 e. The zero-order chi connectivity index (χ0) is 28.3. The van der Waals surface area contributed by atoms with Gasteiger partial charge in [-0.05, 0) is 60.2 Å². The van der Waals surface area contributed by atoms with Crippen molar-refractivity contribution in [3.05, 3.63) is 101 Å². The zero-order valence-electron chi connectivity index (χ0n) is 21.8. The van der Waals surface area contributed by atoms with E-state index in [4.69, 9.17) is 5.11 Å². The van der Waals surface area contributed by atoms with Crippen LogP contribution in [0.3, 0.4) is 0 Å². The molecule has 0 saturated carbocycles. The molecule has 9 heteroatoms. The monoisotopic (exact) mass is 549 g/mol. The van der Waals surface area contributed by atoms with Gasteiger partial charge in [-0.25, -0.2) is 0 Å². The molecule has 3 N–H and O–H groups in total. The lowest BCUT2D eigenvalue weighted by atomic mass is 9.94. The van der Waals surface area contributed by atoms with Gasteiger partial charge in [0.15, 0.2) is 0 Å². The fourth-order valence-corrected chi connectivity index (χ4v) is 5.36. The van der Waals surface area contributed by atoms with Crippen molar-refractivity contribution in [2.45, 2.75) is 44.3 Å². The molecule has 2 heterocycles. The van der Waals surface area contributed by atoms with E-state index < -0.39 is 23.8 Å². The average molecular weight is 550 g/mol. The summed E-state index contributed by atoms with van der Waals surface area (Å²) in [5, 5.41) is 13.0. The predicted molar refractivity (Wildman–Crippen MR) is 147 cm³/mol. The van der Waals surface area contributed by atoms with E-state index in [1.165, 1.54) is 12.1 Å². The third kappa shape index (κ3) is 6.14. The quantitative estimate of drug-likeness (QED) is 0.230. The lowest BCUT2D eigenvalue weighted by molar-refractivity contribution is -0.138. The van der Waals surface area contributed by atoms with Gasteiger partial charge in [0.25, 0.3) is 0 Å². The first-order valence-electron chi connectivity index (χ1n) is 13.3. The van der Waals surface area contributed by atoms with Gasteiger partial charge >= 0.3 is 12.1 Å². The largest absolute Gasteiger partial charge is 0.481 e. The first-order chi connectivity index (χ1) is 19.2. The number of anilines is 1. The van der Waals surface area contributed by atoms with Crippen molar-refractivity contribution in [3.8, 4) is 0 Å². The van der Waals surface area contributed by atoms with Gasteiger partial charge in [-0.3, -0.25) is 9.59 Å². The molecule has 1 unspecified atom stereocenters. The number of aromatic amines is 1. The van der Waals surface area contributed by atoms with E-state index >= 15 is 0 Å². The van der Waals surface area contributed by atoms with Gasteiger partial charge in [-0.2, -0.15) is 13.2 Å². The molecule has 6 nitrogen and oxygen atoms in total. The summed E-state index contributed by atoms with van der Waals surface area (Å²) in [4.78, 5) is 29.5. The first kappa shape index (κ1) is 27.3. The van der Waals surface area contributed by atoms with Crippen LogP contribution in [0.4, 0.5) is 18.9 Å². The Balaban J connectivity index is 1.45. The maximum Gasteiger partial charge on any atom is 0.416 e. The maximum absolute atomic E-state index is 13.6. The number of alkyl halides is 3. The second kappa shape index (κ2) is 11.5. The molecule has 1 atom stereocenters. The highest BCUT2D eigenvalue weighted by molar-refractivity contribution is 5.87. The number of rotatable bonds is 9.